The highest BCUT2D eigenvalue weighted by Gasteiger charge is 2.63. The van der Waals surface area contributed by atoms with Crippen molar-refractivity contribution in [1.29, 1.82) is 0 Å². The molecule has 11 heteroatoms. The first-order valence-electron chi connectivity index (χ1n) is 10.4. The zero-order valence-electron chi connectivity index (χ0n) is 18.4. The molecule has 0 saturated heterocycles. The van der Waals surface area contributed by atoms with Gasteiger partial charge in [-0.15, -0.1) is 20.0 Å². The highest BCUT2D eigenvalue weighted by Crippen LogP contribution is 2.68. The Hall–Kier alpha value is -2.11. The van der Waals surface area contributed by atoms with E-state index in [0.29, 0.717) is 26.3 Å². The van der Waals surface area contributed by atoms with Crippen molar-refractivity contribution in [3.05, 3.63) is 91.0 Å². The molecule has 0 amide bonds. The number of carbonyl (C=O) groups excluding carboxylic acids is 1. The van der Waals surface area contributed by atoms with Crippen LogP contribution in [0.25, 0.3) is 0 Å². The van der Waals surface area contributed by atoms with Crippen molar-refractivity contribution in [2.24, 2.45) is 0 Å². The molecule has 0 atom stereocenters. The third-order valence-electron chi connectivity index (χ3n) is 4.71. The normalized spacial score (nSPS) is 12.8. The Kier molecular flexibility index (Phi) is 9.60. The van der Waals surface area contributed by atoms with Gasteiger partial charge in [0, 0.05) is 17.4 Å². The summed E-state index contributed by atoms with van der Waals surface area (Å²) in [7, 11) is -8.79. The minimum absolute atomic E-state index is 0.207. The molecule has 3 aromatic rings. The van der Waals surface area contributed by atoms with Gasteiger partial charge in [-0.1, -0.05) is 54.6 Å². The van der Waals surface area contributed by atoms with Crippen LogP contribution in [0, 0.1) is 0 Å². The molecule has 0 aliphatic rings. The van der Waals surface area contributed by atoms with Crippen LogP contribution >= 0.6 is 33.7 Å². The summed E-state index contributed by atoms with van der Waals surface area (Å²) in [5.41, 5.74) is 0. The van der Waals surface area contributed by atoms with Gasteiger partial charge in [0.25, 0.3) is 0 Å². The Bertz CT molecular complexity index is 1100. The van der Waals surface area contributed by atoms with Crippen LogP contribution in [0.1, 0.15) is 0 Å². The minimum Gasteiger partial charge on any atom is -0.459 e. The largest absolute Gasteiger partial charge is 0.514 e. The quantitative estimate of drug-likeness (QED) is 0.0839. The van der Waals surface area contributed by atoms with Crippen molar-refractivity contribution in [1.82, 2.24) is 0 Å². The Morgan fingerprint density at radius 1 is 0.829 bits per heavy atom. The van der Waals surface area contributed by atoms with E-state index in [0.717, 1.165) is 0 Å². The predicted octanol–water partition coefficient (Wildman–Crippen LogP) is 6.41. The molecular weight excluding hydrogens is 538 g/mol. The number of alkyl halides is 3. The van der Waals surface area contributed by atoms with Gasteiger partial charge in [-0.05, 0) is 36.4 Å². The van der Waals surface area contributed by atoms with Crippen molar-refractivity contribution >= 4 is 49.8 Å². The van der Waals surface area contributed by atoms with E-state index >= 15 is 8.78 Å². The summed E-state index contributed by atoms with van der Waals surface area (Å²) < 4.78 is 64.9. The van der Waals surface area contributed by atoms with E-state index in [1.54, 1.807) is 91.0 Å². The molecule has 0 heterocycles. The van der Waals surface area contributed by atoms with Crippen LogP contribution in [0.15, 0.2) is 106 Å². The number of halogens is 3. The maximum atomic E-state index is 15.1. The fourth-order valence-electron chi connectivity index (χ4n) is 3.12. The number of rotatable bonds is 12. The molecule has 1 N–H and O–H groups in total. The standard InChI is InChI=1S/C24H23ClF2O5S3/c25-16-18-33-19-17-31-23(28)24(26,27)35(29,30)32-34(20-10-4-1-5-11-20,21-12-6-2-7-13-21)22-14-8-3-9-15-22/h1-15H,16-19H2/p+1. The van der Waals surface area contributed by atoms with Crippen LogP contribution in [-0.2, 0) is 19.6 Å². The molecule has 0 radical (unpaired) electrons. The van der Waals surface area contributed by atoms with E-state index < -0.39 is 31.7 Å². The average molecular weight is 562 g/mol. The van der Waals surface area contributed by atoms with E-state index in [2.05, 4.69) is 8.37 Å². The fourth-order valence-corrected chi connectivity index (χ4v) is 9.29. The first-order valence-corrected chi connectivity index (χ1v) is 15.1. The van der Waals surface area contributed by atoms with Crippen molar-refractivity contribution in [3.63, 3.8) is 0 Å². The first kappa shape index (κ1) is 27.5. The first-order chi connectivity index (χ1) is 16.8. The van der Waals surface area contributed by atoms with E-state index in [4.69, 9.17) is 11.6 Å². The summed E-state index contributed by atoms with van der Waals surface area (Å²) >= 11 is 6.84. The van der Waals surface area contributed by atoms with E-state index in [-0.39, 0.29) is 12.4 Å². The van der Waals surface area contributed by atoms with Crippen LogP contribution in [0.3, 0.4) is 0 Å². The molecule has 188 valence electrons. The van der Waals surface area contributed by atoms with E-state index in [1.165, 1.54) is 11.8 Å². The second kappa shape index (κ2) is 12.2. The lowest BCUT2D eigenvalue weighted by atomic mass is 10.4. The van der Waals surface area contributed by atoms with E-state index in [9.17, 15) is 13.2 Å². The van der Waals surface area contributed by atoms with E-state index in [1.807, 2.05) is 0 Å². The summed E-state index contributed by atoms with van der Waals surface area (Å²) in [5, 5.41) is -4.87. The fraction of sp³-hybridized carbons (Fsp3) is 0.208. The summed E-state index contributed by atoms with van der Waals surface area (Å²) in [6.07, 6.45) is 0. The molecule has 3 aromatic carbocycles. The molecule has 35 heavy (non-hydrogen) atoms. The zero-order valence-corrected chi connectivity index (χ0v) is 21.6. The smallest absolute Gasteiger partial charge is 0.459 e. The highest BCUT2D eigenvalue weighted by molar-refractivity contribution is 8.32. The van der Waals surface area contributed by atoms with Crippen molar-refractivity contribution in [2.75, 3.05) is 24.0 Å². The second-order valence-corrected chi connectivity index (χ2v) is 13.3. The van der Waals surface area contributed by atoms with Gasteiger partial charge in [0.2, 0.25) is 0 Å². The monoisotopic (exact) mass is 561 g/mol. The number of thioether (sulfide) groups is 1. The summed E-state index contributed by atoms with van der Waals surface area (Å²) in [6, 6.07) is 25.1. The second-order valence-electron chi connectivity index (χ2n) is 7.02. The van der Waals surface area contributed by atoms with Crippen molar-refractivity contribution in [3.8, 4) is 0 Å². The van der Waals surface area contributed by atoms with Gasteiger partial charge < -0.3 is 4.74 Å². The summed E-state index contributed by atoms with van der Waals surface area (Å²) in [6.45, 7) is -0.375. The third-order valence-corrected chi connectivity index (χ3v) is 11.4. The average Bonchev–Trinajstić information content (AvgIpc) is 2.88. The summed E-state index contributed by atoms with van der Waals surface area (Å²) in [5.74, 6) is -1.06. The molecule has 0 saturated carbocycles. The lowest BCUT2D eigenvalue weighted by Gasteiger charge is -2.35. The molecule has 0 fully saturated rings. The lowest BCUT2D eigenvalue weighted by molar-refractivity contribution is -0.160. The molecule has 0 spiro atoms. The maximum absolute atomic E-state index is 15.1. The maximum Gasteiger partial charge on any atom is 0.514 e. The number of hydrogen-bond donors (Lipinski definition) is 0. The van der Waals surface area contributed by atoms with Crippen LogP contribution in [-0.4, -0.2) is 47.3 Å². The highest BCUT2D eigenvalue weighted by atomic mass is 35.5. The molecule has 0 aliphatic heterocycles. The van der Waals surface area contributed by atoms with Gasteiger partial charge in [-0.25, -0.2) is 4.79 Å². The Balaban J connectivity index is 2.07. The van der Waals surface area contributed by atoms with Gasteiger partial charge in [-0.2, -0.15) is 20.5 Å². The number of benzene rings is 3. The van der Waals surface area contributed by atoms with Crippen molar-refractivity contribution in [2.45, 2.75) is 19.9 Å². The number of carbonyl (C=O) groups is 1. The van der Waals surface area contributed by atoms with Crippen LogP contribution < -0.4 is 0 Å². The molecule has 0 bridgehead atoms. The van der Waals surface area contributed by atoms with Crippen molar-refractivity contribution < 1.29 is 30.4 Å². The van der Waals surface area contributed by atoms with Gasteiger partial charge in [0.1, 0.15) is 6.61 Å². The minimum atomic E-state index is -5.68. The summed E-state index contributed by atoms with van der Waals surface area (Å²) in [4.78, 5) is 13.5. The Labute approximate surface area is 214 Å². The van der Waals surface area contributed by atoms with Crippen LogP contribution in [0.4, 0.5) is 8.78 Å². The van der Waals surface area contributed by atoms with Crippen LogP contribution in [0.2, 0.25) is 0 Å². The topological polar surface area (TPSA) is 73.2 Å². The molecule has 5 nitrogen and oxygen atoms in total. The number of ether oxygens (including phenoxy) is 1. The molecule has 3 rings (SSSR count). The predicted molar refractivity (Wildman–Crippen MR) is 137 cm³/mol. The van der Waals surface area contributed by atoms with Crippen LogP contribution in [0.5, 0.6) is 0 Å². The lowest BCUT2D eigenvalue weighted by Crippen LogP contribution is -2.42. The zero-order chi connectivity index (χ0) is 25.4. The Morgan fingerprint density at radius 2 is 1.26 bits per heavy atom. The number of hydrogen-bond acceptors (Lipinski definition) is 5. The molecule has 0 aliphatic carbocycles. The molecule has 0 unspecified atom stereocenters. The van der Waals surface area contributed by atoms with Gasteiger partial charge in [-0.3, -0.25) is 3.63 Å². The van der Waals surface area contributed by atoms with Gasteiger partial charge in [0.15, 0.2) is 0 Å². The number of esters is 1. The van der Waals surface area contributed by atoms with Gasteiger partial charge >= 0.3 is 21.3 Å². The van der Waals surface area contributed by atoms with Gasteiger partial charge in [0.05, 0.1) is 25.0 Å². The molecule has 0 aromatic heterocycles. The molecular formula is C24H24ClF2O5S3+. The Morgan fingerprint density at radius 3 is 1.66 bits per heavy atom. The SMILES string of the molecule is O=C(OCCSCCCl)C(F)(F)S(=O)(=O)[OH+]S(c1ccccc1)(c1ccccc1)c1ccccc1. The third kappa shape index (κ3) is 6.18.